The molecule has 72 valence electrons. The van der Waals surface area contributed by atoms with Gasteiger partial charge >= 0.3 is 0 Å². The van der Waals surface area contributed by atoms with Gasteiger partial charge in [0.05, 0.1) is 12.0 Å². The van der Waals surface area contributed by atoms with E-state index >= 15 is 0 Å². The van der Waals surface area contributed by atoms with Gasteiger partial charge in [-0.05, 0) is 42.5 Å². The molecule has 2 rings (SSSR count). The number of hydrogen-bond acceptors (Lipinski definition) is 2. The van der Waals surface area contributed by atoms with Crippen molar-refractivity contribution >= 4 is 5.69 Å². The van der Waals surface area contributed by atoms with Gasteiger partial charge in [-0.3, -0.25) is 0 Å². The molecule has 1 aromatic carbocycles. The first kappa shape index (κ1) is 9.08. The minimum atomic E-state index is 0.115. The maximum Gasteiger partial charge on any atom is 0.0715 e. The first-order valence-corrected chi connectivity index (χ1v) is 5.05. The van der Waals surface area contributed by atoms with Crippen LogP contribution in [0.1, 0.15) is 29.9 Å². The lowest BCUT2D eigenvalue weighted by Crippen LogP contribution is -2.08. The lowest BCUT2D eigenvalue weighted by molar-refractivity contribution is 0.637. The summed E-state index contributed by atoms with van der Waals surface area (Å²) in [5.41, 5.74) is 3.72. The van der Waals surface area contributed by atoms with E-state index in [0.29, 0.717) is 0 Å². The Labute approximate surface area is 84.6 Å². The highest BCUT2D eigenvalue weighted by atomic mass is 14.8. The second kappa shape index (κ2) is 3.71. The van der Waals surface area contributed by atoms with Crippen molar-refractivity contribution in [1.82, 2.24) is 0 Å². The van der Waals surface area contributed by atoms with Gasteiger partial charge in [-0.25, -0.2) is 0 Å². The van der Waals surface area contributed by atoms with Crippen molar-refractivity contribution < 1.29 is 0 Å². The molecular formula is C12H14N2. The fourth-order valence-electron chi connectivity index (χ4n) is 2.10. The largest absolute Gasteiger partial charge is 0.388 e. The van der Waals surface area contributed by atoms with Gasteiger partial charge in [0.2, 0.25) is 0 Å². The van der Waals surface area contributed by atoms with E-state index in [1.54, 1.807) is 0 Å². The number of nitrogens with one attached hydrogen (secondary N) is 1. The zero-order valence-electron chi connectivity index (χ0n) is 8.38. The third-order valence-electron chi connectivity index (χ3n) is 2.90. The molecule has 1 unspecified atom stereocenters. The van der Waals surface area contributed by atoms with E-state index in [1.165, 1.54) is 11.1 Å². The van der Waals surface area contributed by atoms with Gasteiger partial charge in [0.1, 0.15) is 0 Å². The molecule has 1 aliphatic carbocycles. The SMILES string of the molecule is CNc1ccc2c(c1)CCCC2C#N. The summed E-state index contributed by atoms with van der Waals surface area (Å²) in [5, 5.41) is 12.1. The van der Waals surface area contributed by atoms with E-state index < -0.39 is 0 Å². The second-order valence-electron chi connectivity index (χ2n) is 3.74. The standard InChI is InChI=1S/C12H14N2/c1-14-11-5-6-12-9(7-11)3-2-4-10(12)8-13/h5-7,10,14H,2-4H2,1H3. The van der Waals surface area contributed by atoms with Crippen LogP contribution in [0.5, 0.6) is 0 Å². The molecule has 0 amide bonds. The Morgan fingerprint density at radius 2 is 2.36 bits per heavy atom. The molecule has 1 N–H and O–H groups in total. The number of rotatable bonds is 1. The number of benzene rings is 1. The van der Waals surface area contributed by atoms with Crippen LogP contribution in [-0.4, -0.2) is 7.05 Å². The van der Waals surface area contributed by atoms with Crippen molar-refractivity contribution in [1.29, 1.82) is 5.26 Å². The third kappa shape index (κ3) is 1.46. The van der Waals surface area contributed by atoms with Crippen LogP contribution < -0.4 is 5.32 Å². The summed E-state index contributed by atoms with van der Waals surface area (Å²) in [7, 11) is 1.92. The predicted octanol–water partition coefficient (Wildman–Crippen LogP) is 2.67. The van der Waals surface area contributed by atoms with Gasteiger partial charge in [0.25, 0.3) is 0 Å². The normalized spacial score (nSPS) is 19.6. The number of nitriles is 1. The maximum absolute atomic E-state index is 9.00. The molecule has 0 spiro atoms. The Kier molecular flexibility index (Phi) is 2.41. The molecule has 0 fully saturated rings. The van der Waals surface area contributed by atoms with Crippen LogP contribution in [0, 0.1) is 11.3 Å². The van der Waals surface area contributed by atoms with Crippen LogP contribution in [0.15, 0.2) is 18.2 Å². The Hall–Kier alpha value is -1.49. The van der Waals surface area contributed by atoms with E-state index in [4.69, 9.17) is 5.26 Å². The maximum atomic E-state index is 9.00. The minimum Gasteiger partial charge on any atom is -0.388 e. The van der Waals surface area contributed by atoms with E-state index in [1.807, 2.05) is 7.05 Å². The smallest absolute Gasteiger partial charge is 0.0715 e. The molecular weight excluding hydrogens is 172 g/mol. The molecule has 2 nitrogen and oxygen atoms in total. The van der Waals surface area contributed by atoms with Crippen LogP contribution in [0.25, 0.3) is 0 Å². The molecule has 1 atom stereocenters. The summed E-state index contributed by atoms with van der Waals surface area (Å²) in [4.78, 5) is 0. The summed E-state index contributed by atoms with van der Waals surface area (Å²) >= 11 is 0. The molecule has 0 heterocycles. The highest BCUT2D eigenvalue weighted by Gasteiger charge is 2.19. The Morgan fingerprint density at radius 3 is 3.07 bits per heavy atom. The lowest BCUT2D eigenvalue weighted by atomic mass is 9.83. The summed E-state index contributed by atoms with van der Waals surface area (Å²) < 4.78 is 0. The molecule has 0 aliphatic heterocycles. The van der Waals surface area contributed by atoms with Gasteiger partial charge < -0.3 is 5.32 Å². The van der Waals surface area contributed by atoms with Gasteiger partial charge in [-0.2, -0.15) is 5.26 Å². The van der Waals surface area contributed by atoms with E-state index in [0.717, 1.165) is 24.9 Å². The molecule has 0 saturated heterocycles. The zero-order chi connectivity index (χ0) is 9.97. The number of nitrogens with zero attached hydrogens (tertiary/aromatic N) is 1. The van der Waals surface area contributed by atoms with Gasteiger partial charge in [0, 0.05) is 12.7 Å². The number of hydrogen-bond donors (Lipinski definition) is 1. The molecule has 2 heteroatoms. The van der Waals surface area contributed by atoms with Gasteiger partial charge in [-0.1, -0.05) is 6.07 Å². The van der Waals surface area contributed by atoms with Crippen molar-refractivity contribution in [3.8, 4) is 6.07 Å². The zero-order valence-corrected chi connectivity index (χ0v) is 8.38. The fourth-order valence-corrected chi connectivity index (χ4v) is 2.10. The number of fused-ring (bicyclic) bond motifs is 1. The summed E-state index contributed by atoms with van der Waals surface area (Å²) in [5.74, 6) is 0.115. The van der Waals surface area contributed by atoms with Crippen molar-refractivity contribution in [2.75, 3.05) is 12.4 Å². The summed E-state index contributed by atoms with van der Waals surface area (Å²) in [6, 6.07) is 8.68. The van der Waals surface area contributed by atoms with Crippen LogP contribution in [0.3, 0.4) is 0 Å². The van der Waals surface area contributed by atoms with E-state index in [9.17, 15) is 0 Å². The predicted molar refractivity (Wildman–Crippen MR) is 57.3 cm³/mol. The average molecular weight is 186 g/mol. The Morgan fingerprint density at radius 1 is 1.50 bits per heavy atom. The Balaban J connectivity index is 2.42. The highest BCUT2D eigenvalue weighted by molar-refractivity contribution is 5.50. The van der Waals surface area contributed by atoms with Crippen molar-refractivity contribution in [3.63, 3.8) is 0 Å². The van der Waals surface area contributed by atoms with Crippen LogP contribution >= 0.6 is 0 Å². The van der Waals surface area contributed by atoms with Crippen LogP contribution in [-0.2, 0) is 6.42 Å². The second-order valence-corrected chi connectivity index (χ2v) is 3.74. The van der Waals surface area contributed by atoms with Crippen LogP contribution in [0.2, 0.25) is 0 Å². The van der Waals surface area contributed by atoms with E-state index in [2.05, 4.69) is 29.6 Å². The Bertz CT molecular complexity index is 376. The van der Waals surface area contributed by atoms with Gasteiger partial charge in [-0.15, -0.1) is 0 Å². The van der Waals surface area contributed by atoms with Crippen molar-refractivity contribution in [3.05, 3.63) is 29.3 Å². The van der Waals surface area contributed by atoms with Gasteiger partial charge in [0.15, 0.2) is 0 Å². The molecule has 0 radical (unpaired) electrons. The average Bonchev–Trinajstić information content (AvgIpc) is 2.27. The minimum absolute atomic E-state index is 0.115. The highest BCUT2D eigenvalue weighted by Crippen LogP contribution is 2.32. The first-order valence-electron chi connectivity index (χ1n) is 5.05. The molecule has 0 aromatic heterocycles. The quantitative estimate of drug-likeness (QED) is 0.732. The molecule has 0 saturated carbocycles. The number of aryl methyl sites for hydroxylation is 1. The summed E-state index contributed by atoms with van der Waals surface area (Å²) in [6.45, 7) is 0. The third-order valence-corrected chi connectivity index (χ3v) is 2.90. The topological polar surface area (TPSA) is 35.8 Å². The van der Waals surface area contributed by atoms with Crippen molar-refractivity contribution in [2.45, 2.75) is 25.2 Å². The van der Waals surface area contributed by atoms with Crippen LogP contribution in [0.4, 0.5) is 5.69 Å². The van der Waals surface area contributed by atoms with E-state index in [-0.39, 0.29) is 5.92 Å². The first-order chi connectivity index (χ1) is 6.85. The van der Waals surface area contributed by atoms with Crippen molar-refractivity contribution in [2.24, 2.45) is 0 Å². The lowest BCUT2D eigenvalue weighted by Gasteiger charge is -2.20. The monoisotopic (exact) mass is 186 g/mol. The fraction of sp³-hybridized carbons (Fsp3) is 0.417. The number of anilines is 1. The summed E-state index contributed by atoms with van der Waals surface area (Å²) in [6.07, 6.45) is 3.27. The molecule has 1 aliphatic rings. The molecule has 0 bridgehead atoms. The molecule has 14 heavy (non-hydrogen) atoms. The molecule has 1 aromatic rings.